The zero-order chi connectivity index (χ0) is 24.7. The fraction of sp³-hybridized carbons (Fsp3) is 0.706. The summed E-state index contributed by atoms with van der Waals surface area (Å²) in [4.78, 5) is 44.1. The summed E-state index contributed by atoms with van der Waals surface area (Å²) in [6.07, 6.45) is 2.59. The maximum absolute atomic E-state index is 12.7. The first kappa shape index (κ1) is 29.1. The lowest BCUT2D eigenvalue weighted by molar-refractivity contribution is -0.142. The number of rotatable bonds is 16. The van der Waals surface area contributed by atoms with Crippen LogP contribution in [0.3, 0.4) is 0 Å². The van der Waals surface area contributed by atoms with E-state index in [1.54, 1.807) is 0 Å². The minimum atomic E-state index is -1.25. The molecule has 0 aromatic carbocycles. The van der Waals surface area contributed by atoms with E-state index in [9.17, 15) is 23.7 Å². The Labute approximate surface area is 189 Å². The van der Waals surface area contributed by atoms with Crippen LogP contribution in [0.1, 0.15) is 32.1 Å². The van der Waals surface area contributed by atoms with Gasteiger partial charge in [-0.2, -0.15) is 0 Å². The topological polar surface area (TPSA) is 267 Å². The lowest BCUT2D eigenvalue weighted by Gasteiger charge is -2.22. The second-order valence-electron chi connectivity index (χ2n) is 7.03. The average Bonchev–Trinajstić information content (AvgIpc) is 2.69. The maximum atomic E-state index is 12.7. The molecule has 13 N–H and O–H groups in total. The molecule has 0 saturated carbocycles. The summed E-state index contributed by atoms with van der Waals surface area (Å²) in [5, 5.41) is 14.3. The Morgan fingerprint density at radius 3 is 1.84 bits per heavy atom. The lowest BCUT2D eigenvalue weighted by Crippen LogP contribution is -2.54. The van der Waals surface area contributed by atoms with E-state index in [4.69, 9.17) is 28.7 Å². The van der Waals surface area contributed by atoms with Crippen molar-refractivity contribution in [2.45, 2.75) is 50.2 Å². The molecule has 2 amide bonds. The number of guanidine groups is 2. The van der Waals surface area contributed by atoms with Crippen molar-refractivity contribution in [3.63, 3.8) is 0 Å². The number of carboxylic acids is 1. The molecular weight excluding hydrogens is 442 g/mol. The zero-order valence-electron chi connectivity index (χ0n) is 18.2. The van der Waals surface area contributed by atoms with Gasteiger partial charge in [-0.05, 0) is 32.1 Å². The molecule has 0 spiro atoms. The highest BCUT2D eigenvalue weighted by Gasteiger charge is 2.27. The molecule has 0 rings (SSSR count). The van der Waals surface area contributed by atoms with Crippen LogP contribution in [-0.2, 0) is 25.2 Å². The molecule has 0 bridgehead atoms. The summed E-state index contributed by atoms with van der Waals surface area (Å²) < 4.78 is 11.5. The molecule has 15 heteroatoms. The molecule has 184 valence electrons. The van der Waals surface area contributed by atoms with Crippen LogP contribution < -0.4 is 39.3 Å². The Bertz CT molecular complexity index is 709. The van der Waals surface area contributed by atoms with Crippen molar-refractivity contribution in [2.75, 3.05) is 25.1 Å². The van der Waals surface area contributed by atoms with Crippen molar-refractivity contribution >= 4 is 40.5 Å². The smallest absolute Gasteiger partial charge is 0.326 e. The van der Waals surface area contributed by atoms with E-state index in [0.717, 1.165) is 0 Å². The second kappa shape index (κ2) is 15.8. The summed E-state index contributed by atoms with van der Waals surface area (Å²) in [7, 11) is -1.23. The van der Waals surface area contributed by atoms with Gasteiger partial charge in [0.1, 0.15) is 12.1 Å². The number of carbonyl (C=O) groups excluding carboxylic acids is 2. The molecule has 4 atom stereocenters. The van der Waals surface area contributed by atoms with Gasteiger partial charge in [0, 0.05) is 35.9 Å². The number of carboxylic acid groups (broad SMARTS) is 1. The Kier molecular flexibility index (Phi) is 14.3. The van der Waals surface area contributed by atoms with Crippen LogP contribution in [0.2, 0.25) is 0 Å². The van der Waals surface area contributed by atoms with Gasteiger partial charge in [-0.25, -0.2) is 4.79 Å². The molecule has 0 fully saturated rings. The van der Waals surface area contributed by atoms with E-state index in [0.29, 0.717) is 19.4 Å². The van der Waals surface area contributed by atoms with E-state index in [1.807, 2.05) is 0 Å². The number of aliphatic carboxylic acids is 1. The van der Waals surface area contributed by atoms with Crippen LogP contribution in [0.4, 0.5) is 0 Å². The molecule has 4 unspecified atom stereocenters. The highest BCUT2D eigenvalue weighted by atomic mass is 32.2. The molecule has 0 saturated heterocycles. The van der Waals surface area contributed by atoms with Crippen LogP contribution >= 0.6 is 0 Å². The molecular formula is C17H35N9O5S. The number of amides is 2. The molecule has 0 aromatic heterocycles. The van der Waals surface area contributed by atoms with Crippen LogP contribution in [0, 0.1) is 0 Å². The first-order valence-electron chi connectivity index (χ1n) is 9.94. The third kappa shape index (κ3) is 14.1. The summed E-state index contributed by atoms with van der Waals surface area (Å²) >= 11 is 0. The summed E-state index contributed by atoms with van der Waals surface area (Å²) in [6, 6.07) is -3.24. The fourth-order valence-electron chi connectivity index (χ4n) is 2.52. The van der Waals surface area contributed by atoms with Gasteiger partial charge < -0.3 is 44.4 Å². The molecule has 0 heterocycles. The van der Waals surface area contributed by atoms with Crippen LogP contribution in [0.25, 0.3) is 0 Å². The van der Waals surface area contributed by atoms with Crippen molar-refractivity contribution in [3.8, 4) is 0 Å². The number of nitrogens with two attached hydrogens (primary N) is 5. The highest BCUT2D eigenvalue weighted by molar-refractivity contribution is 7.84. The average molecular weight is 478 g/mol. The first-order valence-corrected chi connectivity index (χ1v) is 11.7. The monoisotopic (exact) mass is 477 g/mol. The molecule has 0 radical (unpaired) electrons. The van der Waals surface area contributed by atoms with Gasteiger partial charge in [-0.15, -0.1) is 0 Å². The third-order valence-electron chi connectivity index (χ3n) is 4.19. The number of hydrogen-bond donors (Lipinski definition) is 8. The molecule has 32 heavy (non-hydrogen) atoms. The van der Waals surface area contributed by atoms with E-state index in [2.05, 4.69) is 20.6 Å². The van der Waals surface area contributed by atoms with E-state index in [-0.39, 0.29) is 43.5 Å². The molecule has 0 aliphatic rings. The Balaban J connectivity index is 5.00. The molecule has 0 aromatic rings. The third-order valence-corrected chi connectivity index (χ3v) is 5.00. The van der Waals surface area contributed by atoms with E-state index >= 15 is 0 Å². The van der Waals surface area contributed by atoms with Gasteiger partial charge in [0.25, 0.3) is 0 Å². The SMILES string of the molecule is CS(=O)CCC(NC(=O)C(N)CCCN=C(N)N)C(=O)NC(CCCN=C(N)N)C(=O)O. The standard InChI is InChI=1S/C17H35N9O5S/c1-32(31)9-6-11(25-13(27)10(18)4-2-7-23-16(19)20)14(28)26-12(15(29)30)5-3-8-24-17(21)22/h10-12H,2-9,18H2,1H3,(H,25,27)(H,26,28)(H,29,30)(H4,19,20,23)(H4,21,22,24). The number of carbonyl (C=O) groups is 3. The molecule has 0 aliphatic carbocycles. The number of nitrogens with one attached hydrogen (secondary N) is 2. The maximum Gasteiger partial charge on any atom is 0.326 e. The van der Waals surface area contributed by atoms with Crippen molar-refractivity contribution in [2.24, 2.45) is 38.7 Å². The van der Waals surface area contributed by atoms with Crippen molar-refractivity contribution in [1.29, 1.82) is 0 Å². The quantitative estimate of drug-likeness (QED) is 0.0610. The van der Waals surface area contributed by atoms with Gasteiger partial charge in [0.15, 0.2) is 11.9 Å². The van der Waals surface area contributed by atoms with Crippen LogP contribution in [-0.4, -0.2) is 82.2 Å². The van der Waals surface area contributed by atoms with Gasteiger partial charge in [-0.1, -0.05) is 0 Å². The minimum Gasteiger partial charge on any atom is -0.480 e. The molecule has 0 aliphatic heterocycles. The van der Waals surface area contributed by atoms with Gasteiger partial charge in [0.05, 0.1) is 6.04 Å². The summed E-state index contributed by atoms with van der Waals surface area (Å²) in [6.45, 7) is 0.494. The fourth-order valence-corrected chi connectivity index (χ4v) is 3.08. The van der Waals surface area contributed by atoms with Gasteiger partial charge >= 0.3 is 5.97 Å². The Hall–Kier alpha value is -2.94. The van der Waals surface area contributed by atoms with Crippen molar-refractivity contribution in [1.82, 2.24) is 10.6 Å². The van der Waals surface area contributed by atoms with Crippen LogP contribution in [0.5, 0.6) is 0 Å². The number of nitrogens with zero attached hydrogens (tertiary/aromatic N) is 2. The number of aliphatic imine (C=N–C) groups is 2. The van der Waals surface area contributed by atoms with E-state index < -0.39 is 46.7 Å². The lowest BCUT2D eigenvalue weighted by atomic mass is 10.1. The summed E-state index contributed by atoms with van der Waals surface area (Å²) in [5.74, 6) is -2.63. The largest absolute Gasteiger partial charge is 0.480 e. The van der Waals surface area contributed by atoms with E-state index in [1.165, 1.54) is 6.26 Å². The summed E-state index contributed by atoms with van der Waals surface area (Å²) in [5.41, 5.74) is 26.7. The van der Waals surface area contributed by atoms with Gasteiger partial charge in [-0.3, -0.25) is 23.8 Å². The zero-order valence-corrected chi connectivity index (χ0v) is 19.0. The van der Waals surface area contributed by atoms with Gasteiger partial charge in [0.2, 0.25) is 11.8 Å². The Morgan fingerprint density at radius 1 is 0.875 bits per heavy atom. The Morgan fingerprint density at radius 2 is 1.38 bits per heavy atom. The van der Waals surface area contributed by atoms with Crippen LogP contribution in [0.15, 0.2) is 9.98 Å². The second-order valence-corrected chi connectivity index (χ2v) is 8.59. The van der Waals surface area contributed by atoms with Crippen molar-refractivity contribution < 1.29 is 23.7 Å². The highest BCUT2D eigenvalue weighted by Crippen LogP contribution is 2.03. The normalized spacial score (nSPS) is 14.3. The molecule has 14 nitrogen and oxygen atoms in total. The minimum absolute atomic E-state index is 0.0434. The number of hydrogen-bond acceptors (Lipinski definition) is 7. The first-order chi connectivity index (χ1) is 14.9. The predicted molar refractivity (Wildman–Crippen MR) is 123 cm³/mol. The predicted octanol–water partition coefficient (Wildman–Crippen LogP) is -3.76. The van der Waals surface area contributed by atoms with Crippen molar-refractivity contribution in [3.05, 3.63) is 0 Å².